The van der Waals surface area contributed by atoms with Crippen molar-refractivity contribution in [2.75, 3.05) is 50.2 Å². The number of fused-ring (bicyclic) bond motifs is 4. The van der Waals surface area contributed by atoms with Crippen molar-refractivity contribution < 1.29 is 45.3 Å². The zero-order valence-corrected chi connectivity index (χ0v) is 41.5. The predicted octanol–water partition coefficient (Wildman–Crippen LogP) is 10.7. The Morgan fingerprint density at radius 1 is 0.634 bits per heavy atom. The summed E-state index contributed by atoms with van der Waals surface area (Å²) in [6.07, 6.45) is -0.0978. The summed E-state index contributed by atoms with van der Waals surface area (Å²) in [6, 6.07) is 20.6. The Bertz CT molecular complexity index is 2710. The third-order valence-electron chi connectivity index (χ3n) is 12.9. The number of piperidine rings is 2. The highest BCUT2D eigenvalue weighted by atomic mass is 79.9. The summed E-state index contributed by atoms with van der Waals surface area (Å²) in [5.41, 5.74) is 8.49. The molecular weight excluding hydrogens is 1050 g/mol. The molecule has 380 valence electrons. The number of anilines is 2. The summed E-state index contributed by atoms with van der Waals surface area (Å²) in [4.78, 5) is 21.2. The minimum absolute atomic E-state index is 0.00813. The third-order valence-corrected chi connectivity index (χ3v) is 13.7. The number of alkyl halides is 6. The van der Waals surface area contributed by atoms with Gasteiger partial charge in [-0.25, -0.2) is 19.3 Å². The summed E-state index contributed by atoms with van der Waals surface area (Å²) in [7, 11) is 3.25. The standard InChI is InChI=1S/C24H25ClF3N5O2.C13H19N3O.C10H6BrClF3N3O/c1-34-22-10-18(7-8-29-22)32-12-15-5-6-16(13-32)20(15)11-21-30-23(33(31-21)14-24(26,27)28)35-19-4-2-3-17(25)9-19;1-17-12-6-11(4-5-15-12)16-7-9-2-3-10(8-16)13(9)14;11-8-16-9(18(17-8)5-10(13,14)15)19-7-3-1-2-6(12)4-7/h2-4,7-10,15-16,20H,5-6,11-14H2,1H3;4-6,9-10,13H,2-3,7-8,14H2,1H3;1-4H,5H2. The number of ether oxygens (including phenoxy) is 4. The molecule has 2 aliphatic heterocycles. The van der Waals surface area contributed by atoms with Crippen LogP contribution in [0.1, 0.15) is 31.5 Å². The fourth-order valence-electron chi connectivity index (χ4n) is 9.71. The second-order valence-corrected chi connectivity index (χ2v) is 19.3. The maximum Gasteiger partial charge on any atom is 0.408 e. The van der Waals surface area contributed by atoms with Crippen LogP contribution in [0.2, 0.25) is 10.0 Å². The van der Waals surface area contributed by atoms with Crippen molar-refractivity contribution >= 4 is 50.5 Å². The van der Waals surface area contributed by atoms with E-state index in [1.807, 2.05) is 24.4 Å². The van der Waals surface area contributed by atoms with Gasteiger partial charge in [0.2, 0.25) is 16.5 Å². The summed E-state index contributed by atoms with van der Waals surface area (Å²) >= 11 is 14.6. The molecule has 2 saturated carbocycles. The van der Waals surface area contributed by atoms with Gasteiger partial charge in [-0.1, -0.05) is 35.3 Å². The van der Waals surface area contributed by atoms with Gasteiger partial charge in [-0.2, -0.15) is 41.4 Å². The highest BCUT2D eigenvalue weighted by Gasteiger charge is 2.43. The summed E-state index contributed by atoms with van der Waals surface area (Å²) < 4.78 is 99.4. The molecule has 4 aromatic heterocycles. The number of rotatable bonds is 12. The van der Waals surface area contributed by atoms with Gasteiger partial charge in [-0.15, -0.1) is 5.10 Å². The Balaban J connectivity index is 0.000000158. The molecule has 6 heterocycles. The number of halogens is 9. The average molecular weight is 1100 g/mol. The molecule has 2 N–H and O–H groups in total. The van der Waals surface area contributed by atoms with Crippen LogP contribution in [-0.4, -0.2) is 98.3 Å². The lowest BCUT2D eigenvalue weighted by Gasteiger charge is -2.39. The van der Waals surface area contributed by atoms with E-state index in [-0.39, 0.29) is 22.5 Å². The van der Waals surface area contributed by atoms with Crippen molar-refractivity contribution in [2.24, 2.45) is 35.3 Å². The van der Waals surface area contributed by atoms with E-state index >= 15 is 0 Å². The zero-order chi connectivity index (χ0) is 50.5. The van der Waals surface area contributed by atoms with E-state index in [1.165, 1.54) is 30.7 Å². The molecule has 71 heavy (non-hydrogen) atoms. The molecule has 0 amide bonds. The molecule has 2 aromatic carbocycles. The first-order valence-corrected chi connectivity index (χ1v) is 24.2. The Hall–Kier alpha value is -5.58. The van der Waals surface area contributed by atoms with Crippen LogP contribution in [-0.2, 0) is 19.5 Å². The molecule has 4 bridgehead atoms. The van der Waals surface area contributed by atoms with Crippen molar-refractivity contribution in [3.05, 3.63) is 106 Å². The Morgan fingerprint density at radius 2 is 1.08 bits per heavy atom. The van der Waals surface area contributed by atoms with E-state index in [2.05, 4.69) is 61.9 Å². The van der Waals surface area contributed by atoms with Crippen LogP contribution in [0, 0.1) is 29.6 Å². The van der Waals surface area contributed by atoms with Gasteiger partial charge in [0.05, 0.1) is 14.2 Å². The van der Waals surface area contributed by atoms with Crippen molar-refractivity contribution in [1.29, 1.82) is 0 Å². The van der Waals surface area contributed by atoms with Crippen LogP contribution in [0.25, 0.3) is 0 Å². The quantitative estimate of drug-likeness (QED) is 0.116. The first kappa shape index (κ1) is 51.8. The van der Waals surface area contributed by atoms with Gasteiger partial charge in [0.15, 0.2) is 5.82 Å². The fraction of sp³-hybridized carbons (Fsp3) is 0.447. The van der Waals surface area contributed by atoms with Gasteiger partial charge in [0.25, 0.3) is 0 Å². The SMILES string of the molecule is COc1cc(N2CC3CCC(C2)C3Cc2nc(Oc3cccc(Cl)c3)n(CC(F)(F)F)n2)ccn1.COc1cc(N2CC3CCC(C2)C3N)ccn1.FC(F)(F)Cn1nc(Br)nc1Oc1cccc(Cl)c1. The number of nitrogens with two attached hydrogens (primary N) is 1. The monoisotopic (exact) mass is 1100 g/mol. The van der Waals surface area contributed by atoms with Crippen LogP contribution in [0.3, 0.4) is 0 Å². The van der Waals surface area contributed by atoms with Gasteiger partial charge < -0.3 is 34.5 Å². The molecule has 15 nitrogen and oxygen atoms in total. The summed E-state index contributed by atoms with van der Waals surface area (Å²) in [6.45, 7) is 1.31. The first-order chi connectivity index (χ1) is 33.9. The number of hydrogen-bond acceptors (Lipinski definition) is 13. The molecule has 2 aliphatic carbocycles. The van der Waals surface area contributed by atoms with E-state index in [0.717, 1.165) is 49.4 Å². The molecule has 0 spiro atoms. The molecule has 4 fully saturated rings. The number of hydrogen-bond donors (Lipinski definition) is 1. The van der Waals surface area contributed by atoms with Gasteiger partial charge in [-0.05, 0) is 120 Å². The van der Waals surface area contributed by atoms with E-state index in [4.69, 9.17) is 47.9 Å². The molecule has 4 atom stereocenters. The Labute approximate surface area is 423 Å². The summed E-state index contributed by atoms with van der Waals surface area (Å²) in [5.74, 6) is 4.63. The number of pyridine rings is 2. The third kappa shape index (κ3) is 13.9. The van der Waals surface area contributed by atoms with Crippen molar-refractivity contribution in [2.45, 2.75) is 63.6 Å². The van der Waals surface area contributed by atoms with Gasteiger partial charge in [-0.3, -0.25) is 0 Å². The predicted molar refractivity (Wildman–Crippen MR) is 257 cm³/mol. The molecule has 0 radical (unpaired) electrons. The number of methoxy groups -OCH3 is 2. The lowest BCUT2D eigenvalue weighted by atomic mass is 9.82. The largest absolute Gasteiger partial charge is 0.481 e. The van der Waals surface area contributed by atoms with Gasteiger partial charge in [0, 0.05) is 84.6 Å². The smallest absolute Gasteiger partial charge is 0.408 e. The Morgan fingerprint density at radius 3 is 1.55 bits per heavy atom. The van der Waals surface area contributed by atoms with Crippen LogP contribution in [0.5, 0.6) is 35.3 Å². The summed E-state index contributed by atoms with van der Waals surface area (Å²) in [5, 5.41) is 8.57. The molecule has 24 heteroatoms. The van der Waals surface area contributed by atoms with Crippen LogP contribution in [0.15, 0.2) is 89.9 Å². The lowest BCUT2D eigenvalue weighted by Crippen LogP contribution is -2.48. The lowest BCUT2D eigenvalue weighted by molar-refractivity contribution is -0.144. The zero-order valence-electron chi connectivity index (χ0n) is 38.4. The second-order valence-electron chi connectivity index (χ2n) is 17.7. The minimum atomic E-state index is -4.45. The maximum atomic E-state index is 13.2. The fourth-order valence-corrected chi connectivity index (χ4v) is 10.4. The number of nitrogens with zero attached hydrogens (tertiary/aromatic N) is 10. The van der Waals surface area contributed by atoms with Crippen molar-refractivity contribution in [3.63, 3.8) is 0 Å². The molecule has 4 aliphatic rings. The van der Waals surface area contributed by atoms with E-state index in [1.54, 1.807) is 56.8 Å². The topological polar surface area (TPSA) is 157 Å². The van der Waals surface area contributed by atoms with E-state index in [0.29, 0.717) is 80.1 Å². The van der Waals surface area contributed by atoms with Crippen LogP contribution >= 0.6 is 39.1 Å². The van der Waals surface area contributed by atoms with Gasteiger partial charge >= 0.3 is 24.4 Å². The molecule has 4 unspecified atom stereocenters. The van der Waals surface area contributed by atoms with Crippen molar-refractivity contribution in [3.8, 4) is 35.3 Å². The molecular formula is C47H50BrCl2F6N11O4. The Kier molecular flexibility index (Phi) is 16.4. The van der Waals surface area contributed by atoms with E-state index in [9.17, 15) is 26.3 Å². The normalized spacial score (nSPS) is 21.5. The minimum Gasteiger partial charge on any atom is -0.481 e. The average Bonchev–Trinajstić information content (AvgIpc) is 3.97. The number of benzene rings is 2. The first-order valence-electron chi connectivity index (χ1n) is 22.7. The van der Waals surface area contributed by atoms with E-state index < -0.39 is 25.4 Å². The van der Waals surface area contributed by atoms with Gasteiger partial charge in [0.1, 0.15) is 24.6 Å². The molecule has 10 rings (SSSR count). The van der Waals surface area contributed by atoms with Crippen LogP contribution in [0.4, 0.5) is 37.7 Å². The second kappa shape index (κ2) is 22.5. The van der Waals surface area contributed by atoms with Crippen molar-refractivity contribution in [1.82, 2.24) is 39.5 Å². The highest BCUT2D eigenvalue weighted by molar-refractivity contribution is 9.10. The molecule has 6 aromatic rings. The number of aromatic nitrogens is 8. The highest BCUT2D eigenvalue weighted by Crippen LogP contribution is 2.45. The molecule has 2 saturated heterocycles. The van der Waals surface area contributed by atoms with Crippen LogP contribution < -0.4 is 34.5 Å². The maximum absolute atomic E-state index is 13.2.